The molecule has 0 aromatic heterocycles. The van der Waals surface area contributed by atoms with Crippen molar-refractivity contribution in [1.82, 2.24) is 0 Å². The van der Waals surface area contributed by atoms with Crippen LogP contribution < -0.4 is 0 Å². The predicted molar refractivity (Wildman–Crippen MR) is 70.0 cm³/mol. The van der Waals surface area contributed by atoms with Gasteiger partial charge in [0.1, 0.15) is 0 Å². The van der Waals surface area contributed by atoms with E-state index >= 15 is 0 Å². The molecule has 0 radical (unpaired) electrons. The highest BCUT2D eigenvalue weighted by Gasteiger charge is 2.11. The van der Waals surface area contributed by atoms with Gasteiger partial charge in [-0.3, -0.25) is 19.2 Å². The highest BCUT2D eigenvalue weighted by atomic mass is 16.1. The van der Waals surface area contributed by atoms with Crippen molar-refractivity contribution < 1.29 is 19.2 Å². The normalized spacial score (nSPS) is 16.8. The third-order valence-corrected chi connectivity index (χ3v) is 2.36. The van der Waals surface area contributed by atoms with E-state index in [1.54, 1.807) is 0 Å². The topological polar surface area (TPSA) is 68.3 Å². The highest BCUT2D eigenvalue weighted by molar-refractivity contribution is 6.20. The molecule has 0 aliphatic heterocycles. The molecule has 0 heterocycles. The first-order chi connectivity index (χ1) is 9.56. The van der Waals surface area contributed by atoms with Crippen molar-refractivity contribution in [2.45, 2.75) is 0 Å². The van der Waals surface area contributed by atoms with Gasteiger partial charge in [0.25, 0.3) is 0 Å². The molecule has 0 atom stereocenters. The molecule has 0 aromatic rings. The van der Waals surface area contributed by atoms with Crippen LogP contribution in [-0.4, -0.2) is 23.1 Å². The third kappa shape index (κ3) is 3.16. The Morgan fingerprint density at radius 2 is 1.00 bits per heavy atom. The van der Waals surface area contributed by atoms with Gasteiger partial charge >= 0.3 is 0 Å². The molecule has 0 amide bonds. The SMILES string of the molecule is O=C1C=CC(=O)C(C#CC#CC2=CC(=O)C=CC2=O)=C1. The summed E-state index contributed by atoms with van der Waals surface area (Å²) in [5.41, 5.74) is 0.0958. The van der Waals surface area contributed by atoms with Crippen LogP contribution in [0.15, 0.2) is 47.6 Å². The Labute approximate surface area is 114 Å². The van der Waals surface area contributed by atoms with Crippen molar-refractivity contribution in [3.63, 3.8) is 0 Å². The second kappa shape index (κ2) is 5.60. The van der Waals surface area contributed by atoms with Crippen LogP contribution >= 0.6 is 0 Å². The fourth-order valence-electron chi connectivity index (χ4n) is 1.41. The van der Waals surface area contributed by atoms with Gasteiger partial charge in [-0.05, 0) is 48.0 Å². The largest absolute Gasteiger partial charge is 0.290 e. The molecule has 0 bridgehead atoms. The zero-order valence-corrected chi connectivity index (χ0v) is 10.1. The van der Waals surface area contributed by atoms with Crippen LogP contribution in [0.25, 0.3) is 0 Å². The van der Waals surface area contributed by atoms with Crippen LogP contribution in [0, 0.1) is 23.7 Å². The summed E-state index contributed by atoms with van der Waals surface area (Å²) < 4.78 is 0. The predicted octanol–water partition coefficient (Wildman–Crippen LogP) is 0.262. The van der Waals surface area contributed by atoms with Gasteiger partial charge < -0.3 is 0 Å². The molecule has 0 saturated carbocycles. The first-order valence-corrected chi connectivity index (χ1v) is 5.54. The lowest BCUT2D eigenvalue weighted by Gasteiger charge is -1.97. The summed E-state index contributed by atoms with van der Waals surface area (Å²) in [6.45, 7) is 0. The smallest absolute Gasteiger partial charge is 0.194 e. The molecule has 2 aliphatic rings. The summed E-state index contributed by atoms with van der Waals surface area (Å²) in [4.78, 5) is 44.8. The summed E-state index contributed by atoms with van der Waals surface area (Å²) in [6, 6.07) is 0. The van der Waals surface area contributed by atoms with Crippen LogP contribution in [0.1, 0.15) is 0 Å². The molecule has 0 N–H and O–H groups in total. The summed E-state index contributed by atoms with van der Waals surface area (Å²) in [5, 5.41) is 0. The van der Waals surface area contributed by atoms with Gasteiger partial charge in [0.05, 0.1) is 11.1 Å². The quantitative estimate of drug-likeness (QED) is 0.464. The van der Waals surface area contributed by atoms with Crippen LogP contribution in [0.4, 0.5) is 0 Å². The standard InChI is InChI=1S/C16H6O4/c17-13-5-7-15(19)11(9-13)3-1-2-4-12-10-14(18)6-8-16(12)20/h5-10H. The molecule has 0 spiro atoms. The maximum Gasteiger partial charge on any atom is 0.194 e. The molecule has 20 heavy (non-hydrogen) atoms. The minimum absolute atomic E-state index is 0.0479. The lowest BCUT2D eigenvalue weighted by Crippen LogP contribution is -2.06. The average molecular weight is 262 g/mol. The molecule has 2 rings (SSSR count). The van der Waals surface area contributed by atoms with Crippen molar-refractivity contribution in [2.24, 2.45) is 0 Å². The van der Waals surface area contributed by atoms with Crippen LogP contribution in [0.3, 0.4) is 0 Å². The van der Waals surface area contributed by atoms with E-state index in [1.165, 1.54) is 0 Å². The van der Waals surface area contributed by atoms with E-state index in [-0.39, 0.29) is 34.3 Å². The number of carbonyl (C=O) groups is 4. The Bertz CT molecular complexity index is 710. The van der Waals surface area contributed by atoms with Crippen molar-refractivity contribution >= 4 is 23.1 Å². The number of hydrogen-bond donors (Lipinski definition) is 0. The van der Waals surface area contributed by atoms with E-state index < -0.39 is 0 Å². The molecule has 4 nitrogen and oxygen atoms in total. The summed E-state index contributed by atoms with van der Waals surface area (Å²) in [6.07, 6.45) is 6.82. The zero-order chi connectivity index (χ0) is 14.5. The summed E-state index contributed by atoms with van der Waals surface area (Å²) >= 11 is 0. The van der Waals surface area contributed by atoms with E-state index in [1.807, 2.05) is 0 Å². The van der Waals surface area contributed by atoms with Gasteiger partial charge in [0.2, 0.25) is 0 Å². The third-order valence-electron chi connectivity index (χ3n) is 2.36. The Hall–Kier alpha value is -3.24. The van der Waals surface area contributed by atoms with Crippen LogP contribution in [-0.2, 0) is 19.2 Å². The van der Waals surface area contributed by atoms with Gasteiger partial charge in [-0.1, -0.05) is 0 Å². The molecule has 94 valence electrons. The molecule has 0 unspecified atom stereocenters. The molecule has 4 heteroatoms. The van der Waals surface area contributed by atoms with E-state index in [9.17, 15) is 19.2 Å². The number of carbonyl (C=O) groups excluding carboxylic acids is 4. The first-order valence-electron chi connectivity index (χ1n) is 5.54. The highest BCUT2D eigenvalue weighted by Crippen LogP contribution is 2.04. The zero-order valence-electron chi connectivity index (χ0n) is 10.1. The second-order valence-corrected chi connectivity index (χ2v) is 3.82. The summed E-state index contributed by atoms with van der Waals surface area (Å²) in [5.74, 6) is 8.26. The van der Waals surface area contributed by atoms with Crippen molar-refractivity contribution in [3.05, 3.63) is 47.6 Å². The van der Waals surface area contributed by atoms with Gasteiger partial charge in [-0.15, -0.1) is 0 Å². The van der Waals surface area contributed by atoms with Crippen molar-refractivity contribution in [1.29, 1.82) is 0 Å². The van der Waals surface area contributed by atoms with E-state index in [4.69, 9.17) is 0 Å². The van der Waals surface area contributed by atoms with E-state index in [0.717, 1.165) is 36.5 Å². The maximum absolute atomic E-state index is 11.4. The van der Waals surface area contributed by atoms with Crippen LogP contribution in [0.5, 0.6) is 0 Å². The number of allylic oxidation sites excluding steroid dienone is 8. The second-order valence-electron chi connectivity index (χ2n) is 3.82. The molecule has 0 aromatic carbocycles. The Kier molecular flexibility index (Phi) is 3.70. The van der Waals surface area contributed by atoms with Gasteiger partial charge in [0, 0.05) is 12.2 Å². The molecule has 0 fully saturated rings. The Balaban J connectivity index is 2.15. The van der Waals surface area contributed by atoms with Gasteiger partial charge in [-0.2, -0.15) is 0 Å². The molecule has 0 saturated heterocycles. The Morgan fingerprint density at radius 3 is 1.40 bits per heavy atom. The molecular formula is C16H6O4. The van der Waals surface area contributed by atoms with Gasteiger partial charge in [-0.25, -0.2) is 0 Å². The lowest BCUT2D eigenvalue weighted by molar-refractivity contribution is -0.114. The molecular weight excluding hydrogens is 256 g/mol. The fraction of sp³-hybridized carbons (Fsp3) is 0. The number of ketones is 4. The number of rotatable bonds is 0. The Morgan fingerprint density at radius 1 is 0.600 bits per heavy atom. The van der Waals surface area contributed by atoms with Crippen molar-refractivity contribution in [2.75, 3.05) is 0 Å². The van der Waals surface area contributed by atoms with E-state index in [2.05, 4.69) is 23.7 Å². The number of hydrogen-bond acceptors (Lipinski definition) is 4. The fourth-order valence-corrected chi connectivity index (χ4v) is 1.41. The first kappa shape index (κ1) is 13.2. The maximum atomic E-state index is 11.4. The minimum Gasteiger partial charge on any atom is -0.290 e. The monoisotopic (exact) mass is 262 g/mol. The van der Waals surface area contributed by atoms with E-state index in [0.29, 0.717) is 0 Å². The average Bonchev–Trinajstić information content (AvgIpc) is 2.42. The van der Waals surface area contributed by atoms with Crippen LogP contribution in [0.2, 0.25) is 0 Å². The lowest BCUT2D eigenvalue weighted by atomic mass is 10.0. The van der Waals surface area contributed by atoms with Crippen molar-refractivity contribution in [3.8, 4) is 23.7 Å². The van der Waals surface area contributed by atoms with Gasteiger partial charge in [0.15, 0.2) is 23.1 Å². The summed E-state index contributed by atoms with van der Waals surface area (Å²) in [7, 11) is 0. The molecule has 2 aliphatic carbocycles. The minimum atomic E-state index is -0.370.